The van der Waals surface area contributed by atoms with E-state index in [0.29, 0.717) is 11.4 Å². The van der Waals surface area contributed by atoms with E-state index >= 15 is 0 Å². The van der Waals surface area contributed by atoms with E-state index in [1.54, 1.807) is 11.8 Å². The normalized spacial score (nSPS) is 13.9. The van der Waals surface area contributed by atoms with Gasteiger partial charge in [-0.25, -0.2) is 0 Å². The van der Waals surface area contributed by atoms with E-state index in [9.17, 15) is 5.26 Å². The molecule has 3 nitrogen and oxygen atoms in total. The van der Waals surface area contributed by atoms with Gasteiger partial charge in [0.15, 0.2) is 0 Å². The van der Waals surface area contributed by atoms with Gasteiger partial charge in [-0.3, -0.25) is 9.98 Å². The lowest BCUT2D eigenvalue weighted by molar-refractivity contribution is 0.842. The largest absolute Gasteiger partial charge is 0.297 e. The molecule has 2 heterocycles. The summed E-state index contributed by atoms with van der Waals surface area (Å²) in [6, 6.07) is 4.37. The summed E-state index contributed by atoms with van der Waals surface area (Å²) in [6.45, 7) is 6.38. The summed E-state index contributed by atoms with van der Waals surface area (Å²) in [5.74, 6) is 1.28. The molecular weight excluding hydrogens is 254 g/mol. The van der Waals surface area contributed by atoms with E-state index in [2.05, 4.69) is 32.9 Å². The standard InChI is InChI=1S/C15H19N3S/c1-4-7-12-10(5-2)8-13-14(19-6-3)11(9-16)15(17)18(12)13/h8,17H,4-7H2,1-3H3. The lowest BCUT2D eigenvalue weighted by Crippen LogP contribution is -2.12. The fourth-order valence-corrected chi connectivity index (χ4v) is 3.45. The highest BCUT2D eigenvalue weighted by Crippen LogP contribution is 2.39. The summed E-state index contributed by atoms with van der Waals surface area (Å²) in [6.07, 6.45) is 3.00. The Labute approximate surface area is 118 Å². The molecule has 1 N–H and O–H groups in total. The number of allylic oxidation sites excluding steroid dienone is 1. The van der Waals surface area contributed by atoms with Crippen LogP contribution in [-0.2, 0) is 12.8 Å². The first-order valence-electron chi connectivity index (χ1n) is 6.79. The zero-order valence-electron chi connectivity index (χ0n) is 11.7. The Hall–Kier alpha value is -1.47. The molecule has 0 bridgehead atoms. The predicted octanol–water partition coefficient (Wildman–Crippen LogP) is 3.83. The third-order valence-corrected chi connectivity index (χ3v) is 4.37. The van der Waals surface area contributed by atoms with Crippen molar-refractivity contribution < 1.29 is 0 Å². The van der Waals surface area contributed by atoms with Crippen molar-refractivity contribution in [3.05, 3.63) is 28.6 Å². The second kappa shape index (κ2) is 5.66. The average molecular weight is 273 g/mol. The first kappa shape index (κ1) is 14.0. The molecule has 19 heavy (non-hydrogen) atoms. The van der Waals surface area contributed by atoms with Gasteiger partial charge in [0, 0.05) is 5.69 Å². The number of thioether (sulfide) groups is 1. The fraction of sp³-hybridized carbons (Fsp3) is 0.467. The van der Waals surface area contributed by atoms with Crippen molar-refractivity contribution in [3.8, 4) is 6.07 Å². The molecule has 100 valence electrons. The van der Waals surface area contributed by atoms with Crippen LogP contribution in [0.4, 0.5) is 0 Å². The molecule has 0 spiro atoms. The quantitative estimate of drug-likeness (QED) is 0.886. The Balaban J connectivity index is 2.61. The number of aryl methyl sites for hydroxylation is 1. The molecule has 0 saturated heterocycles. The van der Waals surface area contributed by atoms with Crippen molar-refractivity contribution in [3.63, 3.8) is 0 Å². The third-order valence-electron chi connectivity index (χ3n) is 3.38. The monoisotopic (exact) mass is 273 g/mol. The van der Waals surface area contributed by atoms with Gasteiger partial charge in [0.2, 0.25) is 0 Å². The summed E-state index contributed by atoms with van der Waals surface area (Å²) in [5, 5.41) is 17.6. The zero-order valence-corrected chi connectivity index (χ0v) is 12.5. The maximum absolute atomic E-state index is 9.30. The molecule has 1 aromatic heterocycles. The zero-order chi connectivity index (χ0) is 14.0. The van der Waals surface area contributed by atoms with Gasteiger partial charge in [-0.05, 0) is 30.2 Å². The second-order valence-electron chi connectivity index (χ2n) is 4.54. The van der Waals surface area contributed by atoms with E-state index in [4.69, 9.17) is 5.41 Å². The Morgan fingerprint density at radius 2 is 2.11 bits per heavy atom. The number of nitriles is 1. The summed E-state index contributed by atoms with van der Waals surface area (Å²) >= 11 is 1.66. The van der Waals surface area contributed by atoms with Crippen LogP contribution in [0.5, 0.6) is 0 Å². The SMILES string of the molecule is CCCc1c(CC)cc2n1C(=N)C(C#N)=C2SCC. The molecule has 0 fully saturated rings. The van der Waals surface area contributed by atoms with Crippen molar-refractivity contribution in [1.29, 1.82) is 10.7 Å². The number of rotatable bonds is 5. The predicted molar refractivity (Wildman–Crippen MR) is 81.6 cm³/mol. The van der Waals surface area contributed by atoms with Crippen LogP contribution in [0.15, 0.2) is 11.6 Å². The Morgan fingerprint density at radius 1 is 1.37 bits per heavy atom. The fourth-order valence-electron chi connectivity index (χ4n) is 2.58. The lowest BCUT2D eigenvalue weighted by atomic mass is 10.1. The highest BCUT2D eigenvalue weighted by Gasteiger charge is 2.30. The molecule has 4 heteroatoms. The second-order valence-corrected chi connectivity index (χ2v) is 5.81. The minimum Gasteiger partial charge on any atom is -0.297 e. The Kier molecular flexibility index (Phi) is 4.16. The number of aromatic nitrogens is 1. The highest BCUT2D eigenvalue weighted by molar-refractivity contribution is 8.08. The maximum Gasteiger partial charge on any atom is 0.149 e. The number of nitrogens with zero attached hydrogens (tertiary/aromatic N) is 2. The molecule has 0 amide bonds. The molecule has 1 aromatic rings. The van der Waals surface area contributed by atoms with E-state index in [1.807, 2.05) is 4.57 Å². The first-order valence-corrected chi connectivity index (χ1v) is 7.78. The van der Waals surface area contributed by atoms with Crippen LogP contribution in [0.2, 0.25) is 0 Å². The van der Waals surface area contributed by atoms with Crippen LogP contribution in [0.3, 0.4) is 0 Å². The summed E-state index contributed by atoms with van der Waals surface area (Å²) in [5.41, 5.74) is 4.10. The molecule has 0 aliphatic carbocycles. The van der Waals surface area contributed by atoms with E-state index in [-0.39, 0.29) is 0 Å². The first-order chi connectivity index (χ1) is 9.19. The van der Waals surface area contributed by atoms with Crippen molar-refractivity contribution in [2.45, 2.75) is 40.0 Å². The summed E-state index contributed by atoms with van der Waals surface area (Å²) < 4.78 is 1.98. The molecule has 0 radical (unpaired) electrons. The van der Waals surface area contributed by atoms with Crippen molar-refractivity contribution in [2.75, 3.05) is 5.75 Å². The van der Waals surface area contributed by atoms with E-state index in [1.165, 1.54) is 11.3 Å². The highest BCUT2D eigenvalue weighted by atomic mass is 32.2. The smallest absolute Gasteiger partial charge is 0.149 e. The molecule has 0 atom stereocenters. The van der Waals surface area contributed by atoms with Crippen molar-refractivity contribution in [1.82, 2.24) is 4.57 Å². The van der Waals surface area contributed by atoms with Gasteiger partial charge in [-0.2, -0.15) is 5.26 Å². The van der Waals surface area contributed by atoms with Crippen LogP contribution in [-0.4, -0.2) is 16.2 Å². The molecule has 2 rings (SSSR count). The molecule has 0 aromatic carbocycles. The number of nitrogens with one attached hydrogen (secondary N) is 1. The van der Waals surface area contributed by atoms with Crippen LogP contribution in [0.25, 0.3) is 4.91 Å². The minimum absolute atomic E-state index is 0.358. The average Bonchev–Trinajstić information content (AvgIpc) is 2.88. The van der Waals surface area contributed by atoms with E-state index in [0.717, 1.165) is 35.6 Å². The molecular formula is C15H19N3S. The Morgan fingerprint density at radius 3 is 2.63 bits per heavy atom. The van der Waals surface area contributed by atoms with Gasteiger partial charge in [-0.15, -0.1) is 11.8 Å². The van der Waals surface area contributed by atoms with Crippen LogP contribution in [0, 0.1) is 16.7 Å². The van der Waals surface area contributed by atoms with Crippen molar-refractivity contribution >= 4 is 22.5 Å². The van der Waals surface area contributed by atoms with Gasteiger partial charge < -0.3 is 0 Å². The van der Waals surface area contributed by atoms with Crippen LogP contribution in [0.1, 0.15) is 44.1 Å². The Bertz CT molecular complexity index is 587. The number of hydrogen-bond donors (Lipinski definition) is 1. The maximum atomic E-state index is 9.30. The summed E-state index contributed by atoms with van der Waals surface area (Å²) in [7, 11) is 0. The van der Waals surface area contributed by atoms with Gasteiger partial charge in [-0.1, -0.05) is 27.2 Å². The third kappa shape index (κ3) is 2.12. The summed E-state index contributed by atoms with van der Waals surface area (Å²) in [4.78, 5) is 0.979. The molecule has 0 unspecified atom stereocenters. The van der Waals surface area contributed by atoms with Gasteiger partial charge in [0.25, 0.3) is 0 Å². The van der Waals surface area contributed by atoms with Crippen LogP contribution < -0.4 is 0 Å². The minimum atomic E-state index is 0.358. The van der Waals surface area contributed by atoms with Gasteiger partial charge in [0.1, 0.15) is 17.5 Å². The lowest BCUT2D eigenvalue weighted by Gasteiger charge is -2.08. The van der Waals surface area contributed by atoms with Gasteiger partial charge >= 0.3 is 0 Å². The molecule has 0 saturated carbocycles. The van der Waals surface area contributed by atoms with Crippen molar-refractivity contribution in [2.24, 2.45) is 0 Å². The number of fused-ring (bicyclic) bond motifs is 1. The van der Waals surface area contributed by atoms with Gasteiger partial charge in [0.05, 0.1) is 10.6 Å². The molecule has 1 aliphatic heterocycles. The number of hydrogen-bond acceptors (Lipinski definition) is 3. The van der Waals surface area contributed by atoms with Crippen LogP contribution >= 0.6 is 11.8 Å². The topological polar surface area (TPSA) is 52.6 Å². The van der Waals surface area contributed by atoms with E-state index < -0.39 is 0 Å². The molecule has 1 aliphatic rings.